The first-order valence-corrected chi connectivity index (χ1v) is 5.55. The number of hydrogen-bond donors (Lipinski definition) is 0. The topological polar surface area (TPSA) is 17.1 Å². The third kappa shape index (κ3) is 3.61. The minimum atomic E-state index is 0.308. The molecule has 1 rings (SSSR count). The molecule has 0 amide bonds. The van der Waals surface area contributed by atoms with Crippen molar-refractivity contribution < 1.29 is 4.79 Å². The minimum Gasteiger partial charge on any atom is -0.300 e. The van der Waals surface area contributed by atoms with Gasteiger partial charge < -0.3 is 0 Å². The molecule has 12 heavy (non-hydrogen) atoms. The van der Waals surface area contributed by atoms with Gasteiger partial charge in [-0.15, -0.1) is 0 Å². The highest BCUT2D eigenvalue weighted by Gasteiger charge is 2.24. The van der Waals surface area contributed by atoms with Crippen LogP contribution in [0.2, 0.25) is 0 Å². The van der Waals surface area contributed by atoms with Crippen LogP contribution in [0.15, 0.2) is 0 Å². The molecule has 1 aliphatic rings. The molecule has 1 fully saturated rings. The molecular formula is C10H18OS. The van der Waals surface area contributed by atoms with Gasteiger partial charge in [0.25, 0.3) is 0 Å². The number of carbonyl (C=O) groups excluding carboxylic acids is 1. The van der Waals surface area contributed by atoms with Crippen LogP contribution in [0.25, 0.3) is 0 Å². The monoisotopic (exact) mass is 186 g/mol. The third-order valence-corrected chi connectivity index (χ3v) is 3.40. The molecule has 0 heterocycles. The second kappa shape index (κ2) is 3.82. The van der Waals surface area contributed by atoms with E-state index in [4.69, 9.17) is 0 Å². The normalized spacial score (nSPS) is 25.9. The van der Waals surface area contributed by atoms with Crippen molar-refractivity contribution in [1.82, 2.24) is 0 Å². The van der Waals surface area contributed by atoms with Gasteiger partial charge in [0, 0.05) is 22.8 Å². The first-order chi connectivity index (χ1) is 5.47. The average Bonchev–Trinajstić information content (AvgIpc) is 1.82. The Morgan fingerprint density at radius 3 is 2.58 bits per heavy atom. The number of Topliss-reactive ketones (excluding diaryl/α,β-unsaturated/α-hetero) is 1. The van der Waals surface area contributed by atoms with Crippen molar-refractivity contribution in [2.24, 2.45) is 0 Å². The largest absolute Gasteiger partial charge is 0.300 e. The lowest BCUT2D eigenvalue weighted by atomic mass is 9.99. The van der Waals surface area contributed by atoms with E-state index in [2.05, 4.69) is 20.8 Å². The van der Waals surface area contributed by atoms with Crippen molar-refractivity contribution >= 4 is 17.5 Å². The lowest BCUT2D eigenvalue weighted by Gasteiger charge is -2.27. The predicted octanol–water partition coefficient (Wildman–Crippen LogP) is 3.03. The van der Waals surface area contributed by atoms with Gasteiger partial charge in [-0.25, -0.2) is 0 Å². The van der Waals surface area contributed by atoms with Crippen molar-refractivity contribution in [2.75, 3.05) is 0 Å². The van der Waals surface area contributed by atoms with Crippen molar-refractivity contribution in [3.8, 4) is 0 Å². The predicted molar refractivity (Wildman–Crippen MR) is 54.6 cm³/mol. The van der Waals surface area contributed by atoms with Gasteiger partial charge in [0.05, 0.1) is 0 Å². The van der Waals surface area contributed by atoms with Crippen LogP contribution in [-0.2, 0) is 4.79 Å². The third-order valence-electron chi connectivity index (χ3n) is 1.96. The summed E-state index contributed by atoms with van der Waals surface area (Å²) in [6.07, 6.45) is 3.96. The Kier molecular flexibility index (Phi) is 3.22. The zero-order chi connectivity index (χ0) is 9.19. The maximum atomic E-state index is 11.1. The number of thioether (sulfide) groups is 1. The van der Waals surface area contributed by atoms with E-state index in [0.717, 1.165) is 19.3 Å². The van der Waals surface area contributed by atoms with Crippen LogP contribution in [0.4, 0.5) is 0 Å². The van der Waals surface area contributed by atoms with Crippen LogP contribution in [0.3, 0.4) is 0 Å². The summed E-state index contributed by atoms with van der Waals surface area (Å²) in [6, 6.07) is 0. The van der Waals surface area contributed by atoms with Gasteiger partial charge in [0.2, 0.25) is 0 Å². The first kappa shape index (κ1) is 10.1. The van der Waals surface area contributed by atoms with Gasteiger partial charge in [-0.2, -0.15) is 11.8 Å². The summed E-state index contributed by atoms with van der Waals surface area (Å²) in [5.41, 5.74) is 0. The van der Waals surface area contributed by atoms with Crippen LogP contribution < -0.4 is 0 Å². The summed E-state index contributed by atoms with van der Waals surface area (Å²) in [6.45, 7) is 6.66. The Labute approximate surface area is 79.3 Å². The van der Waals surface area contributed by atoms with E-state index in [-0.39, 0.29) is 0 Å². The standard InChI is InChI=1S/C10H18OS/c1-10(2,3)12-9-6-4-5-8(11)7-9/h9H,4-7H2,1-3H3/t9-/m0/s1. The van der Waals surface area contributed by atoms with E-state index in [1.165, 1.54) is 6.42 Å². The molecule has 70 valence electrons. The molecule has 2 heteroatoms. The molecule has 1 aliphatic carbocycles. The molecule has 0 N–H and O–H groups in total. The van der Waals surface area contributed by atoms with Crippen LogP contribution in [0, 0.1) is 0 Å². The summed E-state index contributed by atoms with van der Waals surface area (Å²) in [7, 11) is 0. The number of carbonyl (C=O) groups is 1. The maximum Gasteiger partial charge on any atom is 0.134 e. The zero-order valence-electron chi connectivity index (χ0n) is 8.22. The number of ketones is 1. The quantitative estimate of drug-likeness (QED) is 0.626. The van der Waals surface area contributed by atoms with Gasteiger partial charge in [-0.3, -0.25) is 4.79 Å². The second-order valence-corrected chi connectivity index (χ2v) is 6.61. The summed E-state index contributed by atoms with van der Waals surface area (Å²) >= 11 is 1.96. The van der Waals surface area contributed by atoms with E-state index in [1.54, 1.807) is 0 Å². The lowest BCUT2D eigenvalue weighted by molar-refractivity contribution is -0.120. The molecule has 0 aromatic carbocycles. The summed E-state index contributed by atoms with van der Waals surface area (Å²) in [5, 5.41) is 0.589. The lowest BCUT2D eigenvalue weighted by Crippen LogP contribution is -2.22. The Balaban J connectivity index is 2.37. The fraction of sp³-hybridized carbons (Fsp3) is 0.900. The average molecular weight is 186 g/mol. The van der Waals surface area contributed by atoms with Gasteiger partial charge in [0.1, 0.15) is 5.78 Å². The van der Waals surface area contributed by atoms with Gasteiger partial charge >= 0.3 is 0 Å². The zero-order valence-corrected chi connectivity index (χ0v) is 9.04. The Bertz CT molecular complexity index is 169. The highest BCUT2D eigenvalue weighted by molar-refractivity contribution is 8.01. The highest BCUT2D eigenvalue weighted by atomic mass is 32.2. The first-order valence-electron chi connectivity index (χ1n) is 4.67. The summed E-state index contributed by atoms with van der Waals surface area (Å²) < 4.78 is 0.308. The molecule has 1 saturated carbocycles. The fourth-order valence-corrected chi connectivity index (χ4v) is 3.14. The van der Waals surface area contributed by atoms with Crippen molar-refractivity contribution in [3.05, 3.63) is 0 Å². The highest BCUT2D eigenvalue weighted by Crippen LogP contribution is 2.35. The van der Waals surface area contributed by atoms with E-state index in [9.17, 15) is 4.79 Å². The number of rotatable bonds is 1. The molecular weight excluding hydrogens is 168 g/mol. The number of hydrogen-bond acceptors (Lipinski definition) is 2. The molecule has 0 saturated heterocycles. The summed E-state index contributed by atoms with van der Waals surface area (Å²) in [5.74, 6) is 0.461. The Morgan fingerprint density at radius 1 is 1.42 bits per heavy atom. The maximum absolute atomic E-state index is 11.1. The minimum absolute atomic E-state index is 0.308. The van der Waals surface area contributed by atoms with Crippen LogP contribution >= 0.6 is 11.8 Å². The van der Waals surface area contributed by atoms with Gasteiger partial charge in [-0.05, 0) is 12.8 Å². The van der Waals surface area contributed by atoms with Crippen LogP contribution in [0.5, 0.6) is 0 Å². The molecule has 0 bridgehead atoms. The summed E-state index contributed by atoms with van der Waals surface area (Å²) in [4.78, 5) is 11.1. The Morgan fingerprint density at radius 2 is 2.08 bits per heavy atom. The van der Waals surface area contributed by atoms with Gasteiger partial charge in [0.15, 0.2) is 0 Å². The molecule has 1 nitrogen and oxygen atoms in total. The van der Waals surface area contributed by atoms with E-state index >= 15 is 0 Å². The van der Waals surface area contributed by atoms with E-state index in [0.29, 0.717) is 15.8 Å². The molecule has 0 radical (unpaired) electrons. The van der Waals surface area contributed by atoms with Crippen LogP contribution in [-0.4, -0.2) is 15.8 Å². The SMILES string of the molecule is CC(C)(C)S[C@H]1CCCC(=O)C1. The van der Waals surface area contributed by atoms with E-state index < -0.39 is 0 Å². The molecule has 1 atom stereocenters. The molecule has 0 aromatic rings. The molecule has 0 aliphatic heterocycles. The molecule has 0 unspecified atom stereocenters. The van der Waals surface area contributed by atoms with Gasteiger partial charge in [-0.1, -0.05) is 20.8 Å². The second-order valence-electron chi connectivity index (χ2n) is 4.49. The molecule has 0 aromatic heterocycles. The van der Waals surface area contributed by atoms with Crippen molar-refractivity contribution in [1.29, 1.82) is 0 Å². The van der Waals surface area contributed by atoms with Crippen molar-refractivity contribution in [2.45, 2.75) is 56.5 Å². The Hall–Kier alpha value is 0.0200. The molecule has 0 spiro atoms. The smallest absolute Gasteiger partial charge is 0.134 e. The van der Waals surface area contributed by atoms with Crippen LogP contribution in [0.1, 0.15) is 46.5 Å². The van der Waals surface area contributed by atoms with Crippen molar-refractivity contribution in [3.63, 3.8) is 0 Å². The fourth-order valence-electron chi connectivity index (χ4n) is 1.59. The van der Waals surface area contributed by atoms with E-state index in [1.807, 2.05) is 11.8 Å².